The number of anilines is 1. The Balaban J connectivity index is 2.17. The highest BCUT2D eigenvalue weighted by Gasteiger charge is 2.14. The molecule has 0 aliphatic heterocycles. The highest BCUT2D eigenvalue weighted by atomic mass is 16.5. The molecule has 0 radical (unpaired) electrons. The number of aromatic nitrogens is 1. The van der Waals surface area contributed by atoms with Crippen molar-refractivity contribution < 1.29 is 14.6 Å². The SMILES string of the molecule is O=C(Nc1ccc(O)cc1)c1cccc[n+]1[O-]. The number of phenolic OH excluding ortho intramolecular Hbond substituents is 1. The smallest absolute Gasteiger partial charge is 0.321 e. The summed E-state index contributed by atoms with van der Waals surface area (Å²) in [5.74, 6) is -0.382. The van der Waals surface area contributed by atoms with Crippen molar-refractivity contribution in [1.29, 1.82) is 0 Å². The molecule has 0 unspecified atom stereocenters. The van der Waals surface area contributed by atoms with Crippen LogP contribution in [-0.4, -0.2) is 11.0 Å². The lowest BCUT2D eigenvalue weighted by atomic mass is 10.3. The number of pyridine rings is 1. The molecule has 0 aliphatic carbocycles. The van der Waals surface area contributed by atoms with Crippen LogP contribution in [0.3, 0.4) is 0 Å². The van der Waals surface area contributed by atoms with Gasteiger partial charge >= 0.3 is 5.91 Å². The van der Waals surface area contributed by atoms with E-state index in [-0.39, 0.29) is 11.4 Å². The number of amides is 1. The number of nitrogens with one attached hydrogen (secondary N) is 1. The van der Waals surface area contributed by atoms with Gasteiger partial charge in [0.1, 0.15) is 5.75 Å². The summed E-state index contributed by atoms with van der Waals surface area (Å²) < 4.78 is 0.496. The van der Waals surface area contributed by atoms with Crippen molar-refractivity contribution in [2.75, 3.05) is 5.32 Å². The average Bonchev–Trinajstić information content (AvgIpc) is 2.32. The van der Waals surface area contributed by atoms with E-state index < -0.39 is 5.91 Å². The van der Waals surface area contributed by atoms with E-state index in [1.807, 2.05) is 0 Å². The highest BCUT2D eigenvalue weighted by Crippen LogP contribution is 2.14. The molecule has 0 fully saturated rings. The fourth-order valence-electron chi connectivity index (χ4n) is 1.34. The molecule has 0 aliphatic rings. The normalized spacial score (nSPS) is 9.88. The third-order valence-corrected chi connectivity index (χ3v) is 2.18. The zero-order chi connectivity index (χ0) is 12.3. The Morgan fingerprint density at radius 1 is 1.18 bits per heavy atom. The first kappa shape index (κ1) is 10.9. The van der Waals surface area contributed by atoms with Crippen LogP contribution in [0, 0.1) is 5.21 Å². The summed E-state index contributed by atoms with van der Waals surface area (Å²) in [5.41, 5.74) is 0.525. The van der Waals surface area contributed by atoms with Gasteiger partial charge in [-0.2, -0.15) is 4.73 Å². The lowest BCUT2D eigenvalue weighted by Gasteiger charge is -2.05. The molecule has 1 amide bonds. The van der Waals surface area contributed by atoms with Crippen molar-refractivity contribution in [3.05, 3.63) is 59.6 Å². The van der Waals surface area contributed by atoms with Gasteiger partial charge in [0.25, 0.3) is 5.69 Å². The molecule has 0 atom stereocenters. The second-order valence-electron chi connectivity index (χ2n) is 3.41. The molecule has 0 spiro atoms. The van der Waals surface area contributed by atoms with Crippen molar-refractivity contribution >= 4 is 11.6 Å². The molecule has 5 heteroatoms. The standard InChI is InChI=1S/C12H10N2O3/c15-10-6-4-9(5-7-10)13-12(16)11-3-1-2-8-14(11)17/h1-8,15H,(H,13,16). The summed E-state index contributed by atoms with van der Waals surface area (Å²) >= 11 is 0. The maximum atomic E-state index is 11.7. The Kier molecular flexibility index (Phi) is 2.91. The first-order chi connectivity index (χ1) is 8.16. The van der Waals surface area contributed by atoms with Gasteiger partial charge in [-0.25, -0.2) is 0 Å². The zero-order valence-corrected chi connectivity index (χ0v) is 8.83. The summed E-state index contributed by atoms with van der Waals surface area (Å²) in [6, 6.07) is 10.6. The van der Waals surface area contributed by atoms with E-state index in [1.54, 1.807) is 24.3 Å². The van der Waals surface area contributed by atoms with Crippen molar-refractivity contribution in [3.63, 3.8) is 0 Å². The maximum Gasteiger partial charge on any atom is 0.321 e. The zero-order valence-electron chi connectivity index (χ0n) is 8.83. The van der Waals surface area contributed by atoms with Crippen LogP contribution in [0.15, 0.2) is 48.7 Å². The number of carbonyl (C=O) groups excluding carboxylic acids is 1. The van der Waals surface area contributed by atoms with Gasteiger partial charge in [-0.15, -0.1) is 0 Å². The molecule has 2 N–H and O–H groups in total. The lowest BCUT2D eigenvalue weighted by molar-refractivity contribution is -0.607. The highest BCUT2D eigenvalue weighted by molar-refractivity contribution is 6.01. The summed E-state index contributed by atoms with van der Waals surface area (Å²) in [6.07, 6.45) is 1.26. The van der Waals surface area contributed by atoms with E-state index in [1.165, 1.54) is 24.4 Å². The Bertz CT molecular complexity index is 538. The molecular formula is C12H10N2O3. The molecule has 1 aromatic heterocycles. The minimum absolute atomic E-state index is 0.0144. The Morgan fingerprint density at radius 3 is 2.53 bits per heavy atom. The molecular weight excluding hydrogens is 220 g/mol. The number of rotatable bonds is 2. The lowest BCUT2D eigenvalue weighted by Crippen LogP contribution is -2.36. The molecule has 17 heavy (non-hydrogen) atoms. The van der Waals surface area contributed by atoms with E-state index in [0.717, 1.165) is 0 Å². The number of aromatic hydroxyl groups is 1. The van der Waals surface area contributed by atoms with Crippen molar-refractivity contribution in [3.8, 4) is 5.75 Å². The molecule has 0 saturated heterocycles. The van der Waals surface area contributed by atoms with Crippen molar-refractivity contribution in [1.82, 2.24) is 0 Å². The minimum atomic E-state index is -0.494. The Hall–Kier alpha value is -2.56. The van der Waals surface area contributed by atoms with E-state index in [0.29, 0.717) is 10.4 Å². The first-order valence-corrected chi connectivity index (χ1v) is 4.95. The molecule has 1 heterocycles. The van der Waals surface area contributed by atoms with E-state index in [2.05, 4.69) is 5.32 Å². The van der Waals surface area contributed by atoms with Crippen LogP contribution in [0.25, 0.3) is 0 Å². The quantitative estimate of drug-likeness (QED) is 0.463. The number of hydrogen-bond acceptors (Lipinski definition) is 3. The van der Waals surface area contributed by atoms with Crippen LogP contribution in [-0.2, 0) is 0 Å². The molecule has 0 saturated carbocycles. The van der Waals surface area contributed by atoms with Crippen LogP contribution in [0.5, 0.6) is 5.75 Å². The number of phenols is 1. The average molecular weight is 230 g/mol. The van der Waals surface area contributed by atoms with Crippen LogP contribution in [0.2, 0.25) is 0 Å². The largest absolute Gasteiger partial charge is 0.618 e. The number of hydrogen-bond donors (Lipinski definition) is 2. The van der Waals surface area contributed by atoms with Gasteiger partial charge < -0.3 is 15.6 Å². The molecule has 0 bridgehead atoms. The summed E-state index contributed by atoms with van der Waals surface area (Å²) in [6.45, 7) is 0. The van der Waals surface area contributed by atoms with E-state index in [9.17, 15) is 10.0 Å². The third kappa shape index (κ3) is 2.52. The van der Waals surface area contributed by atoms with Crippen LogP contribution >= 0.6 is 0 Å². The molecule has 86 valence electrons. The summed E-state index contributed by atoms with van der Waals surface area (Å²) in [4.78, 5) is 11.7. The van der Waals surface area contributed by atoms with Crippen LogP contribution in [0.1, 0.15) is 10.5 Å². The van der Waals surface area contributed by atoms with Gasteiger partial charge in [0, 0.05) is 17.8 Å². The third-order valence-electron chi connectivity index (χ3n) is 2.18. The van der Waals surface area contributed by atoms with E-state index >= 15 is 0 Å². The molecule has 1 aromatic carbocycles. The Labute approximate surface area is 97.5 Å². The van der Waals surface area contributed by atoms with Gasteiger partial charge in [0.15, 0.2) is 6.20 Å². The summed E-state index contributed by atoms with van der Waals surface area (Å²) in [5, 5.41) is 23.0. The topological polar surface area (TPSA) is 76.3 Å². The van der Waals surface area contributed by atoms with Gasteiger partial charge in [0.2, 0.25) is 0 Å². The fraction of sp³-hybridized carbons (Fsp3) is 0. The minimum Gasteiger partial charge on any atom is -0.618 e. The second kappa shape index (κ2) is 4.52. The molecule has 5 nitrogen and oxygen atoms in total. The monoisotopic (exact) mass is 230 g/mol. The number of carbonyl (C=O) groups is 1. The predicted octanol–water partition coefficient (Wildman–Crippen LogP) is 1.28. The fourth-order valence-corrected chi connectivity index (χ4v) is 1.34. The van der Waals surface area contributed by atoms with Gasteiger partial charge in [-0.3, -0.25) is 4.79 Å². The van der Waals surface area contributed by atoms with Gasteiger partial charge in [-0.05, 0) is 30.3 Å². The first-order valence-electron chi connectivity index (χ1n) is 4.95. The molecule has 2 aromatic rings. The van der Waals surface area contributed by atoms with E-state index in [4.69, 9.17) is 5.11 Å². The second-order valence-corrected chi connectivity index (χ2v) is 3.41. The molecule has 2 rings (SSSR count). The maximum absolute atomic E-state index is 11.7. The Morgan fingerprint density at radius 2 is 1.88 bits per heavy atom. The van der Waals surface area contributed by atoms with Crippen molar-refractivity contribution in [2.24, 2.45) is 0 Å². The van der Waals surface area contributed by atoms with Crippen LogP contribution < -0.4 is 10.0 Å². The predicted molar refractivity (Wildman–Crippen MR) is 61.5 cm³/mol. The van der Waals surface area contributed by atoms with Gasteiger partial charge in [0.05, 0.1) is 0 Å². The number of benzene rings is 1. The van der Waals surface area contributed by atoms with Crippen LogP contribution in [0.4, 0.5) is 5.69 Å². The van der Waals surface area contributed by atoms with Crippen molar-refractivity contribution in [2.45, 2.75) is 0 Å². The summed E-state index contributed by atoms with van der Waals surface area (Å²) in [7, 11) is 0. The van der Waals surface area contributed by atoms with Gasteiger partial charge in [-0.1, -0.05) is 0 Å². The number of nitrogens with zero attached hydrogens (tertiary/aromatic N) is 1.